The Bertz CT molecular complexity index is 700. The van der Waals surface area contributed by atoms with Gasteiger partial charge in [0, 0.05) is 11.8 Å². The number of rotatable bonds is 4. The molecule has 0 bridgehead atoms. The zero-order chi connectivity index (χ0) is 16.2. The minimum atomic E-state index is -0.477. The van der Waals surface area contributed by atoms with Crippen LogP contribution in [0.2, 0.25) is 5.15 Å². The summed E-state index contributed by atoms with van der Waals surface area (Å²) in [6.07, 6.45) is 2.27. The number of anilines is 2. The maximum absolute atomic E-state index is 11.1. The molecule has 1 aromatic heterocycles. The van der Waals surface area contributed by atoms with Gasteiger partial charge in [0.2, 0.25) is 5.82 Å². The first kappa shape index (κ1) is 15.7. The van der Waals surface area contributed by atoms with Gasteiger partial charge < -0.3 is 10.6 Å². The molecule has 2 N–H and O–H groups in total. The van der Waals surface area contributed by atoms with Gasteiger partial charge >= 0.3 is 5.69 Å². The van der Waals surface area contributed by atoms with Crippen LogP contribution >= 0.6 is 11.6 Å². The molecule has 0 atom stereocenters. The van der Waals surface area contributed by atoms with E-state index in [4.69, 9.17) is 11.6 Å². The Labute approximate surface area is 139 Å². The lowest BCUT2D eigenvalue weighted by Crippen LogP contribution is -2.26. The lowest BCUT2D eigenvalue weighted by molar-refractivity contribution is -0.384. The minimum absolute atomic E-state index is 0.100. The Morgan fingerprint density at radius 1 is 1.17 bits per heavy atom. The smallest absolute Gasteiger partial charge is 0.311 e. The molecule has 0 unspecified atom stereocenters. The average molecular weight is 333 g/mol. The van der Waals surface area contributed by atoms with Crippen LogP contribution in [0.1, 0.15) is 24.3 Å². The van der Waals surface area contributed by atoms with Gasteiger partial charge in [-0.2, -0.15) is 0 Å². The van der Waals surface area contributed by atoms with Crippen molar-refractivity contribution in [2.24, 2.45) is 0 Å². The van der Waals surface area contributed by atoms with Gasteiger partial charge in [-0.25, -0.2) is 4.98 Å². The predicted octanol–water partition coefficient (Wildman–Crippen LogP) is 3.85. The number of aromatic nitrogens is 1. The topological polar surface area (TPSA) is 80.1 Å². The first-order chi connectivity index (χ1) is 11.1. The molecule has 0 saturated carbocycles. The van der Waals surface area contributed by atoms with Crippen LogP contribution < -0.4 is 10.6 Å². The summed E-state index contributed by atoms with van der Waals surface area (Å²) in [7, 11) is 0. The molecule has 1 aliphatic heterocycles. The number of piperidine rings is 1. The van der Waals surface area contributed by atoms with E-state index in [9.17, 15) is 10.1 Å². The second-order valence-electron chi connectivity index (χ2n) is 5.53. The van der Waals surface area contributed by atoms with Crippen molar-refractivity contribution in [1.82, 2.24) is 10.3 Å². The monoisotopic (exact) mass is 332 g/mol. The normalized spacial score (nSPS) is 15.3. The molecule has 0 amide bonds. The molecule has 1 fully saturated rings. The first-order valence-electron chi connectivity index (χ1n) is 7.52. The van der Waals surface area contributed by atoms with Gasteiger partial charge in [-0.15, -0.1) is 0 Å². The van der Waals surface area contributed by atoms with Gasteiger partial charge in [-0.05, 0) is 55.6 Å². The summed E-state index contributed by atoms with van der Waals surface area (Å²) in [5.74, 6) is 0.723. The van der Waals surface area contributed by atoms with Gasteiger partial charge in [0.25, 0.3) is 0 Å². The van der Waals surface area contributed by atoms with E-state index in [1.165, 1.54) is 17.7 Å². The van der Waals surface area contributed by atoms with E-state index in [1.54, 1.807) is 0 Å². The van der Waals surface area contributed by atoms with Gasteiger partial charge in [0.15, 0.2) is 0 Å². The molecule has 1 aliphatic rings. The lowest BCUT2D eigenvalue weighted by atomic mass is 9.90. The number of hydrogen-bond donors (Lipinski definition) is 2. The molecule has 6 nitrogen and oxygen atoms in total. The highest BCUT2D eigenvalue weighted by molar-refractivity contribution is 6.29. The van der Waals surface area contributed by atoms with Crippen LogP contribution in [0.15, 0.2) is 36.4 Å². The summed E-state index contributed by atoms with van der Waals surface area (Å²) >= 11 is 5.83. The van der Waals surface area contributed by atoms with Gasteiger partial charge in [-0.3, -0.25) is 10.1 Å². The van der Waals surface area contributed by atoms with Crippen LogP contribution in [0.4, 0.5) is 17.2 Å². The van der Waals surface area contributed by atoms with Crippen molar-refractivity contribution in [3.05, 3.63) is 57.2 Å². The van der Waals surface area contributed by atoms with Gasteiger partial charge in [-0.1, -0.05) is 23.7 Å². The second kappa shape index (κ2) is 6.93. The maximum Gasteiger partial charge on any atom is 0.311 e. The second-order valence-corrected chi connectivity index (χ2v) is 5.92. The fraction of sp³-hybridized carbons (Fsp3) is 0.312. The molecule has 0 radical (unpaired) electrons. The van der Waals surface area contributed by atoms with Gasteiger partial charge in [0.1, 0.15) is 5.15 Å². The largest absolute Gasteiger partial charge is 0.334 e. The standard InChI is InChI=1S/C16H17ClN4O2/c17-15-6-5-14(21(22)23)16(20-15)19-13-3-1-11(2-4-13)12-7-9-18-10-8-12/h1-6,12,18H,7-10H2,(H,19,20). The van der Waals surface area contributed by atoms with Crippen LogP contribution in [-0.2, 0) is 0 Å². The highest BCUT2D eigenvalue weighted by Crippen LogP contribution is 2.29. The van der Waals surface area contributed by atoms with Crippen LogP contribution in [-0.4, -0.2) is 23.0 Å². The van der Waals surface area contributed by atoms with E-state index in [0.29, 0.717) is 5.92 Å². The fourth-order valence-electron chi connectivity index (χ4n) is 2.80. The zero-order valence-electron chi connectivity index (χ0n) is 12.5. The molecule has 0 aliphatic carbocycles. The fourth-order valence-corrected chi connectivity index (χ4v) is 2.95. The van der Waals surface area contributed by atoms with Crippen LogP contribution in [0.25, 0.3) is 0 Å². The number of nitrogens with one attached hydrogen (secondary N) is 2. The molecule has 2 aromatic rings. The van der Waals surface area contributed by atoms with Crippen LogP contribution in [0, 0.1) is 10.1 Å². The van der Waals surface area contributed by atoms with Crippen molar-refractivity contribution in [3.8, 4) is 0 Å². The van der Waals surface area contributed by atoms with E-state index >= 15 is 0 Å². The summed E-state index contributed by atoms with van der Waals surface area (Å²) in [5, 5.41) is 17.6. The number of pyridine rings is 1. The van der Waals surface area contributed by atoms with Crippen molar-refractivity contribution < 1.29 is 4.92 Å². The molecule has 7 heteroatoms. The Kier molecular flexibility index (Phi) is 4.73. The Morgan fingerprint density at radius 2 is 1.87 bits per heavy atom. The molecule has 3 rings (SSSR count). The van der Waals surface area contributed by atoms with Crippen LogP contribution in [0.3, 0.4) is 0 Å². The molecule has 1 saturated heterocycles. The third kappa shape index (κ3) is 3.78. The SMILES string of the molecule is O=[N+]([O-])c1ccc(Cl)nc1Nc1ccc(C2CCNCC2)cc1. The van der Waals surface area contributed by atoms with Crippen molar-refractivity contribution >= 4 is 28.8 Å². The number of hydrogen-bond acceptors (Lipinski definition) is 5. The highest BCUT2D eigenvalue weighted by Gasteiger charge is 2.17. The zero-order valence-corrected chi connectivity index (χ0v) is 13.2. The van der Waals surface area contributed by atoms with E-state index in [0.717, 1.165) is 31.6 Å². The number of benzene rings is 1. The summed E-state index contributed by atoms with van der Waals surface area (Å²) in [5.41, 5.74) is 1.95. The molecular weight excluding hydrogens is 316 g/mol. The van der Waals surface area contributed by atoms with Crippen molar-refractivity contribution in [1.29, 1.82) is 0 Å². The summed E-state index contributed by atoms with van der Waals surface area (Å²) in [6, 6.07) is 10.7. The van der Waals surface area contributed by atoms with E-state index < -0.39 is 4.92 Å². The molecule has 0 spiro atoms. The maximum atomic E-state index is 11.1. The third-order valence-corrected chi connectivity index (χ3v) is 4.23. The van der Waals surface area contributed by atoms with E-state index in [2.05, 4.69) is 27.8 Å². The van der Waals surface area contributed by atoms with Gasteiger partial charge in [0.05, 0.1) is 4.92 Å². The van der Waals surface area contributed by atoms with Crippen molar-refractivity contribution in [2.75, 3.05) is 18.4 Å². The number of nitrogens with zero attached hydrogens (tertiary/aromatic N) is 2. The first-order valence-corrected chi connectivity index (χ1v) is 7.90. The summed E-state index contributed by atoms with van der Waals surface area (Å²) in [6.45, 7) is 2.09. The minimum Gasteiger partial charge on any atom is -0.334 e. The summed E-state index contributed by atoms with van der Waals surface area (Å²) in [4.78, 5) is 14.6. The number of halogens is 1. The van der Waals surface area contributed by atoms with E-state index in [1.807, 2.05) is 12.1 Å². The van der Waals surface area contributed by atoms with E-state index in [-0.39, 0.29) is 16.7 Å². The van der Waals surface area contributed by atoms with Crippen molar-refractivity contribution in [3.63, 3.8) is 0 Å². The summed E-state index contributed by atoms with van der Waals surface area (Å²) < 4.78 is 0. The van der Waals surface area contributed by atoms with Crippen LogP contribution in [0.5, 0.6) is 0 Å². The Hall–Kier alpha value is -2.18. The molecular formula is C16H17ClN4O2. The molecule has 120 valence electrons. The quantitative estimate of drug-likeness (QED) is 0.505. The Balaban J connectivity index is 1.78. The Morgan fingerprint density at radius 3 is 2.52 bits per heavy atom. The highest BCUT2D eigenvalue weighted by atomic mass is 35.5. The average Bonchev–Trinajstić information content (AvgIpc) is 2.56. The van der Waals surface area contributed by atoms with Crippen molar-refractivity contribution in [2.45, 2.75) is 18.8 Å². The lowest BCUT2D eigenvalue weighted by Gasteiger charge is -2.23. The number of nitro groups is 1. The molecule has 23 heavy (non-hydrogen) atoms. The molecule has 1 aromatic carbocycles. The molecule has 2 heterocycles. The predicted molar refractivity (Wildman–Crippen MR) is 90.5 cm³/mol. The third-order valence-electron chi connectivity index (χ3n) is 4.02.